The van der Waals surface area contributed by atoms with Crippen LogP contribution in [0.3, 0.4) is 0 Å². The molecule has 0 aliphatic heterocycles. The normalized spacial score (nSPS) is 15.0. The van der Waals surface area contributed by atoms with Crippen LogP contribution in [0.4, 0.5) is 0 Å². The van der Waals surface area contributed by atoms with Crippen molar-refractivity contribution in [3.8, 4) is 11.1 Å². The molecule has 0 N–H and O–H groups in total. The van der Waals surface area contributed by atoms with Crippen molar-refractivity contribution in [1.82, 2.24) is 0 Å². The molecule has 0 radical (unpaired) electrons. The fraction of sp³-hybridized carbons (Fsp3) is 0.286. The first-order valence-electron chi connectivity index (χ1n) is 11.1. The molecule has 0 fully saturated rings. The first-order chi connectivity index (χ1) is 14.1. The standard InChI is InChI=1S/C28H30Si.4ClH.Zr/c1-4-5-12-21-19-20-13-6-7-14-22(20)27(21)29(2,3)28-25-17-10-8-15-23(25)24-16-9-11-18-26(24)28;;;;;/h6-11,13-19,27-28H,4-5,12H2,1-3H3;4*1H;/q;;;;;+4/p-4. The van der Waals surface area contributed by atoms with E-state index in [1.54, 1.807) is 22.3 Å². The predicted octanol–water partition coefficient (Wildman–Crippen LogP) is -4.03. The molecule has 2 aliphatic rings. The Hall–Kier alpha value is -0.340. The SMILES string of the molecule is CCCCC1=Cc2ccccc2C1[Si](C)(C)C1c2ccccc2-c2ccccc21.[Cl-].[Cl-].[Cl-].[Cl-].[Zr+4]. The molecular weight excluding hydrogens is 597 g/mol. The van der Waals surface area contributed by atoms with Crippen LogP contribution in [0.15, 0.2) is 78.4 Å². The van der Waals surface area contributed by atoms with E-state index in [2.05, 4.69) is 98.9 Å². The first-order valence-corrected chi connectivity index (χ1v) is 14.3. The second-order valence-electron chi connectivity index (χ2n) is 9.31. The molecule has 1 atom stereocenters. The molecule has 0 amide bonds. The summed E-state index contributed by atoms with van der Waals surface area (Å²) in [5.41, 5.74) is 11.9. The van der Waals surface area contributed by atoms with Crippen LogP contribution in [-0.4, -0.2) is 8.07 Å². The van der Waals surface area contributed by atoms with Gasteiger partial charge in [0.2, 0.25) is 0 Å². The largest absolute Gasteiger partial charge is 4.00 e. The van der Waals surface area contributed by atoms with E-state index in [0.29, 0.717) is 11.1 Å². The van der Waals surface area contributed by atoms with E-state index in [1.807, 2.05) is 0 Å². The molecule has 3 aromatic rings. The molecule has 1 unspecified atom stereocenters. The third-order valence-electron chi connectivity index (χ3n) is 7.16. The summed E-state index contributed by atoms with van der Waals surface area (Å²) in [6, 6.07) is 27.5. The summed E-state index contributed by atoms with van der Waals surface area (Å²) >= 11 is 0. The summed E-state index contributed by atoms with van der Waals surface area (Å²) in [5, 5.41) is 0. The Bertz CT molecular complexity index is 1070. The Balaban J connectivity index is 0.00000218. The number of benzene rings is 3. The fourth-order valence-corrected chi connectivity index (χ4v) is 10.7. The zero-order valence-electron chi connectivity index (χ0n) is 19.8. The van der Waals surface area contributed by atoms with Gasteiger partial charge in [0.15, 0.2) is 0 Å². The molecule has 6 heteroatoms. The van der Waals surface area contributed by atoms with Crippen LogP contribution in [0.25, 0.3) is 17.2 Å². The van der Waals surface area contributed by atoms with Crippen molar-refractivity contribution in [3.63, 3.8) is 0 Å². The Labute approximate surface area is 250 Å². The van der Waals surface area contributed by atoms with Crippen molar-refractivity contribution in [2.75, 3.05) is 0 Å². The van der Waals surface area contributed by atoms with Crippen molar-refractivity contribution in [3.05, 3.63) is 101 Å². The Morgan fingerprint density at radius 1 is 0.647 bits per heavy atom. The first kappa shape index (κ1) is 33.7. The Kier molecular flexibility index (Phi) is 13.7. The maximum atomic E-state index is 2.64. The van der Waals surface area contributed by atoms with Crippen LogP contribution < -0.4 is 49.6 Å². The van der Waals surface area contributed by atoms with E-state index in [0.717, 1.165) is 0 Å². The number of fused-ring (bicyclic) bond motifs is 4. The minimum absolute atomic E-state index is 0. The number of hydrogen-bond donors (Lipinski definition) is 0. The van der Waals surface area contributed by atoms with Crippen LogP contribution in [0, 0.1) is 0 Å². The monoisotopic (exact) mass is 624 g/mol. The van der Waals surface area contributed by atoms with Crippen LogP contribution in [-0.2, 0) is 26.2 Å². The summed E-state index contributed by atoms with van der Waals surface area (Å²) in [5.74, 6) is 0. The molecule has 0 bridgehead atoms. The molecule has 0 aromatic heterocycles. The molecular formula is C28H30Cl4SiZr. The summed E-state index contributed by atoms with van der Waals surface area (Å²) in [7, 11) is -1.77. The predicted molar refractivity (Wildman–Crippen MR) is 128 cm³/mol. The Morgan fingerprint density at radius 2 is 1.12 bits per heavy atom. The zero-order chi connectivity index (χ0) is 20.0. The van der Waals surface area contributed by atoms with Gasteiger partial charge in [-0.25, -0.2) is 0 Å². The molecule has 2 aliphatic carbocycles. The topological polar surface area (TPSA) is 0 Å². The number of unbranched alkanes of at least 4 members (excludes halogenated alkanes) is 1. The molecule has 0 nitrogen and oxygen atoms in total. The molecule has 3 aromatic carbocycles. The van der Waals surface area contributed by atoms with Crippen molar-refractivity contribution >= 4 is 14.1 Å². The fourth-order valence-electron chi connectivity index (χ4n) is 5.99. The Morgan fingerprint density at radius 3 is 1.65 bits per heavy atom. The van der Waals surface area contributed by atoms with Gasteiger partial charge in [-0.1, -0.05) is 111 Å². The minimum Gasteiger partial charge on any atom is -1.00 e. The van der Waals surface area contributed by atoms with Crippen LogP contribution in [0.5, 0.6) is 0 Å². The van der Waals surface area contributed by atoms with E-state index in [1.165, 1.54) is 36.0 Å². The minimum atomic E-state index is -1.77. The number of halogens is 4. The van der Waals surface area contributed by atoms with Gasteiger partial charge in [0.05, 0.1) is 8.07 Å². The van der Waals surface area contributed by atoms with E-state index >= 15 is 0 Å². The maximum Gasteiger partial charge on any atom is 4.00 e. The summed E-state index contributed by atoms with van der Waals surface area (Å²) in [4.78, 5) is 0. The molecule has 34 heavy (non-hydrogen) atoms. The van der Waals surface area contributed by atoms with Crippen LogP contribution in [0.1, 0.15) is 59.5 Å². The summed E-state index contributed by atoms with van der Waals surface area (Å²) in [6.45, 7) is 7.59. The van der Waals surface area contributed by atoms with Gasteiger partial charge in [-0.3, -0.25) is 0 Å². The van der Waals surface area contributed by atoms with Gasteiger partial charge in [-0.2, -0.15) is 0 Å². The molecule has 0 heterocycles. The van der Waals surface area contributed by atoms with E-state index in [4.69, 9.17) is 0 Å². The van der Waals surface area contributed by atoms with E-state index in [9.17, 15) is 0 Å². The summed E-state index contributed by atoms with van der Waals surface area (Å²) < 4.78 is 0. The molecule has 0 saturated heterocycles. The second-order valence-corrected chi connectivity index (χ2v) is 14.1. The smallest absolute Gasteiger partial charge is 1.00 e. The van der Waals surface area contributed by atoms with Gasteiger partial charge in [-0.05, 0) is 46.2 Å². The average molecular weight is 628 g/mol. The van der Waals surface area contributed by atoms with Gasteiger partial charge in [0.25, 0.3) is 0 Å². The van der Waals surface area contributed by atoms with Crippen molar-refractivity contribution in [1.29, 1.82) is 0 Å². The number of allylic oxidation sites excluding steroid dienone is 1. The van der Waals surface area contributed by atoms with Crippen LogP contribution in [0.2, 0.25) is 13.1 Å². The van der Waals surface area contributed by atoms with Gasteiger partial charge in [0, 0.05) is 11.1 Å². The molecule has 5 rings (SSSR count). The second kappa shape index (κ2) is 13.8. The third-order valence-corrected chi connectivity index (χ3v) is 11.4. The van der Waals surface area contributed by atoms with Gasteiger partial charge in [0.1, 0.15) is 0 Å². The molecule has 0 saturated carbocycles. The maximum absolute atomic E-state index is 2.64. The van der Waals surface area contributed by atoms with Gasteiger partial charge in [-0.15, -0.1) is 0 Å². The number of hydrogen-bond acceptors (Lipinski definition) is 0. The quantitative estimate of drug-likeness (QED) is 0.253. The third kappa shape index (κ3) is 5.64. The van der Waals surface area contributed by atoms with E-state index < -0.39 is 8.07 Å². The average Bonchev–Trinajstić information content (AvgIpc) is 3.28. The molecule has 178 valence electrons. The summed E-state index contributed by atoms with van der Waals surface area (Å²) in [6.07, 6.45) is 6.32. The van der Waals surface area contributed by atoms with Crippen molar-refractivity contribution in [2.45, 2.75) is 50.4 Å². The van der Waals surface area contributed by atoms with Crippen molar-refractivity contribution in [2.24, 2.45) is 0 Å². The van der Waals surface area contributed by atoms with Crippen LogP contribution >= 0.6 is 0 Å². The molecule has 0 spiro atoms. The zero-order valence-corrected chi connectivity index (χ0v) is 26.3. The van der Waals surface area contributed by atoms with Crippen molar-refractivity contribution < 1.29 is 75.8 Å². The number of rotatable bonds is 5. The van der Waals surface area contributed by atoms with Gasteiger partial charge >= 0.3 is 26.2 Å². The van der Waals surface area contributed by atoms with Gasteiger partial charge < -0.3 is 49.6 Å². The van der Waals surface area contributed by atoms with E-state index in [-0.39, 0.29) is 75.8 Å².